The lowest BCUT2D eigenvalue weighted by atomic mass is 9.82. The summed E-state index contributed by atoms with van der Waals surface area (Å²) < 4.78 is 0. The number of nitrogens with one attached hydrogen (secondary N) is 1. The van der Waals surface area contributed by atoms with Crippen molar-refractivity contribution in [3.63, 3.8) is 0 Å². The number of hydrogen-bond acceptors (Lipinski definition) is 3. The monoisotopic (exact) mass is 240 g/mol. The van der Waals surface area contributed by atoms with Gasteiger partial charge in [0.1, 0.15) is 0 Å². The molecular weight excluding hydrogens is 216 g/mol. The third-order valence-electron chi connectivity index (χ3n) is 3.86. The van der Waals surface area contributed by atoms with E-state index in [1.54, 1.807) is 0 Å². The summed E-state index contributed by atoms with van der Waals surface area (Å²) >= 11 is 0. The largest absolute Gasteiger partial charge is 0.393 e. The fraction of sp³-hybridized carbons (Fsp3) is 0.923. The smallest absolute Gasteiger partial charge is 0.239 e. The molecule has 0 aromatic rings. The molecule has 2 N–H and O–H groups in total. The van der Waals surface area contributed by atoms with Gasteiger partial charge in [0.2, 0.25) is 5.91 Å². The average molecular weight is 240 g/mol. The number of likely N-dealkylation sites (tertiary alicyclic amines) is 1. The maximum absolute atomic E-state index is 12.2. The van der Waals surface area contributed by atoms with E-state index in [1.165, 1.54) is 0 Å². The van der Waals surface area contributed by atoms with E-state index in [2.05, 4.69) is 12.2 Å². The minimum atomic E-state index is -0.117. The fourth-order valence-corrected chi connectivity index (χ4v) is 2.79. The number of amides is 1. The van der Waals surface area contributed by atoms with Crippen molar-refractivity contribution in [3.05, 3.63) is 0 Å². The van der Waals surface area contributed by atoms with E-state index in [9.17, 15) is 9.90 Å². The Kier molecular flexibility index (Phi) is 4.40. The highest BCUT2D eigenvalue weighted by atomic mass is 16.3. The highest BCUT2D eigenvalue weighted by molar-refractivity contribution is 5.82. The second-order valence-corrected chi connectivity index (χ2v) is 5.42. The molecule has 1 atom stereocenters. The van der Waals surface area contributed by atoms with E-state index in [0.717, 1.165) is 51.7 Å². The Morgan fingerprint density at radius 2 is 2.24 bits per heavy atom. The maximum atomic E-state index is 12.2. The van der Waals surface area contributed by atoms with Crippen LogP contribution in [0.2, 0.25) is 0 Å². The van der Waals surface area contributed by atoms with Crippen LogP contribution in [0.4, 0.5) is 0 Å². The van der Waals surface area contributed by atoms with Gasteiger partial charge in [-0.2, -0.15) is 0 Å². The minimum absolute atomic E-state index is 0.0358. The molecule has 4 nitrogen and oxygen atoms in total. The quantitative estimate of drug-likeness (QED) is 0.745. The van der Waals surface area contributed by atoms with Crippen LogP contribution >= 0.6 is 0 Å². The zero-order valence-corrected chi connectivity index (χ0v) is 10.7. The molecule has 1 amide bonds. The van der Waals surface area contributed by atoms with Gasteiger partial charge in [0.15, 0.2) is 0 Å². The summed E-state index contributed by atoms with van der Waals surface area (Å²) in [6, 6.07) is 0.0358. The highest BCUT2D eigenvalue weighted by Gasteiger charge is 2.33. The molecule has 0 bridgehead atoms. The minimum Gasteiger partial charge on any atom is -0.393 e. The van der Waals surface area contributed by atoms with E-state index >= 15 is 0 Å². The standard InChI is InChI=1S/C13H24N2O2/c1-2-5-14-12-4-3-6-15(13(12)17)9-10-7-11(16)8-10/h10-12,14,16H,2-9H2,1H3. The Hall–Kier alpha value is -0.610. The van der Waals surface area contributed by atoms with Crippen LogP contribution in [0.1, 0.15) is 39.0 Å². The van der Waals surface area contributed by atoms with Gasteiger partial charge in [-0.1, -0.05) is 6.92 Å². The molecule has 0 radical (unpaired) electrons. The van der Waals surface area contributed by atoms with Crippen LogP contribution in [0.25, 0.3) is 0 Å². The summed E-state index contributed by atoms with van der Waals surface area (Å²) in [5, 5.41) is 12.6. The highest BCUT2D eigenvalue weighted by Crippen LogP contribution is 2.29. The first kappa shape index (κ1) is 12.8. The molecule has 0 aromatic heterocycles. The molecule has 0 aromatic carbocycles. The predicted molar refractivity (Wildman–Crippen MR) is 66.6 cm³/mol. The molecule has 1 heterocycles. The van der Waals surface area contributed by atoms with Gasteiger partial charge in [0, 0.05) is 13.1 Å². The first-order chi connectivity index (χ1) is 8.20. The van der Waals surface area contributed by atoms with Gasteiger partial charge in [-0.3, -0.25) is 4.79 Å². The number of aliphatic hydroxyl groups is 1. The molecule has 1 aliphatic heterocycles. The molecule has 17 heavy (non-hydrogen) atoms. The molecule has 2 rings (SSSR count). The van der Waals surface area contributed by atoms with Crippen LogP contribution in [-0.4, -0.2) is 47.7 Å². The third kappa shape index (κ3) is 3.19. The number of carbonyl (C=O) groups is 1. The van der Waals surface area contributed by atoms with Crippen LogP contribution in [0, 0.1) is 5.92 Å². The molecular formula is C13H24N2O2. The van der Waals surface area contributed by atoms with Crippen LogP contribution in [-0.2, 0) is 4.79 Å². The lowest BCUT2D eigenvalue weighted by Crippen LogP contribution is -2.53. The lowest BCUT2D eigenvalue weighted by molar-refractivity contribution is -0.137. The van der Waals surface area contributed by atoms with Crippen molar-refractivity contribution in [1.82, 2.24) is 10.2 Å². The summed E-state index contributed by atoms with van der Waals surface area (Å²) in [6.45, 7) is 4.79. The van der Waals surface area contributed by atoms with E-state index in [-0.39, 0.29) is 18.1 Å². The van der Waals surface area contributed by atoms with Crippen LogP contribution in [0.3, 0.4) is 0 Å². The van der Waals surface area contributed by atoms with Crippen molar-refractivity contribution >= 4 is 5.91 Å². The van der Waals surface area contributed by atoms with Crippen molar-refractivity contribution in [3.8, 4) is 0 Å². The summed E-state index contributed by atoms with van der Waals surface area (Å²) in [7, 11) is 0. The van der Waals surface area contributed by atoms with E-state index in [4.69, 9.17) is 0 Å². The number of rotatable bonds is 5. The average Bonchev–Trinajstić information content (AvgIpc) is 2.28. The van der Waals surface area contributed by atoms with Crippen molar-refractivity contribution < 1.29 is 9.90 Å². The molecule has 98 valence electrons. The summed E-state index contributed by atoms with van der Waals surface area (Å²) in [5.74, 6) is 0.796. The Labute approximate surface area is 103 Å². The van der Waals surface area contributed by atoms with Gasteiger partial charge in [0.25, 0.3) is 0 Å². The molecule has 2 fully saturated rings. The fourth-order valence-electron chi connectivity index (χ4n) is 2.79. The van der Waals surface area contributed by atoms with E-state index < -0.39 is 0 Å². The van der Waals surface area contributed by atoms with Crippen molar-refractivity contribution in [1.29, 1.82) is 0 Å². The molecule has 1 saturated heterocycles. The molecule has 1 saturated carbocycles. The molecule has 4 heteroatoms. The Bertz CT molecular complexity index is 264. The molecule has 0 spiro atoms. The van der Waals surface area contributed by atoms with E-state index in [1.807, 2.05) is 4.90 Å². The second kappa shape index (κ2) is 5.83. The second-order valence-electron chi connectivity index (χ2n) is 5.42. The van der Waals surface area contributed by atoms with Gasteiger partial charge < -0.3 is 15.3 Å². The first-order valence-corrected chi connectivity index (χ1v) is 6.91. The zero-order chi connectivity index (χ0) is 12.3. The van der Waals surface area contributed by atoms with Crippen molar-refractivity contribution in [2.45, 2.75) is 51.2 Å². The molecule has 1 aliphatic carbocycles. The summed E-state index contributed by atoms with van der Waals surface area (Å²) in [4.78, 5) is 14.2. The van der Waals surface area contributed by atoms with E-state index in [0.29, 0.717) is 5.92 Å². The number of piperidine rings is 1. The summed E-state index contributed by atoms with van der Waals surface area (Å²) in [6.07, 6.45) is 4.77. The van der Waals surface area contributed by atoms with Gasteiger partial charge >= 0.3 is 0 Å². The number of nitrogens with zero attached hydrogens (tertiary/aromatic N) is 1. The predicted octanol–water partition coefficient (Wildman–Crippen LogP) is 0.748. The maximum Gasteiger partial charge on any atom is 0.239 e. The number of carbonyl (C=O) groups excluding carboxylic acids is 1. The normalized spacial score (nSPS) is 33.6. The van der Waals surface area contributed by atoms with Crippen LogP contribution in [0.15, 0.2) is 0 Å². The summed E-state index contributed by atoms with van der Waals surface area (Å²) in [5.41, 5.74) is 0. The van der Waals surface area contributed by atoms with Gasteiger partial charge in [0.05, 0.1) is 12.1 Å². The first-order valence-electron chi connectivity index (χ1n) is 6.91. The third-order valence-corrected chi connectivity index (χ3v) is 3.86. The Morgan fingerprint density at radius 3 is 2.88 bits per heavy atom. The van der Waals surface area contributed by atoms with Gasteiger partial charge in [-0.05, 0) is 44.6 Å². The molecule has 1 unspecified atom stereocenters. The van der Waals surface area contributed by atoms with Crippen LogP contribution in [0.5, 0.6) is 0 Å². The Balaban J connectivity index is 1.79. The Morgan fingerprint density at radius 1 is 1.47 bits per heavy atom. The lowest BCUT2D eigenvalue weighted by Gasteiger charge is -2.39. The van der Waals surface area contributed by atoms with Crippen LogP contribution < -0.4 is 5.32 Å². The zero-order valence-electron chi connectivity index (χ0n) is 10.7. The number of hydrogen-bond donors (Lipinski definition) is 2. The topological polar surface area (TPSA) is 52.6 Å². The van der Waals surface area contributed by atoms with Crippen molar-refractivity contribution in [2.75, 3.05) is 19.6 Å². The van der Waals surface area contributed by atoms with Gasteiger partial charge in [-0.15, -0.1) is 0 Å². The SMILES string of the molecule is CCCNC1CCCN(CC2CC(O)C2)C1=O. The van der Waals surface area contributed by atoms with Crippen molar-refractivity contribution in [2.24, 2.45) is 5.92 Å². The van der Waals surface area contributed by atoms with Gasteiger partial charge in [-0.25, -0.2) is 0 Å². The number of aliphatic hydroxyl groups excluding tert-OH is 1. The molecule has 2 aliphatic rings.